The molecule has 0 unspecified atom stereocenters. The van der Waals surface area contributed by atoms with E-state index in [9.17, 15) is 24.3 Å². The van der Waals surface area contributed by atoms with Crippen LogP contribution in [0.1, 0.15) is 36.0 Å². The Kier molecular flexibility index (Phi) is 7.00. The Morgan fingerprint density at radius 3 is 2.46 bits per heavy atom. The number of rotatable bonds is 5. The van der Waals surface area contributed by atoms with E-state index >= 15 is 0 Å². The molecule has 4 amide bonds. The highest BCUT2D eigenvalue weighted by Crippen LogP contribution is 2.40. The van der Waals surface area contributed by atoms with E-state index in [0.29, 0.717) is 21.4 Å². The van der Waals surface area contributed by atoms with E-state index in [1.54, 1.807) is 55.5 Å². The molecule has 11 heteroatoms. The zero-order valence-electron chi connectivity index (χ0n) is 20.7. The van der Waals surface area contributed by atoms with Gasteiger partial charge in [0.05, 0.1) is 11.4 Å². The van der Waals surface area contributed by atoms with Gasteiger partial charge >= 0.3 is 6.09 Å². The van der Waals surface area contributed by atoms with Crippen molar-refractivity contribution < 1.29 is 33.4 Å². The molecular formula is C26H26BrN3O7. The summed E-state index contributed by atoms with van der Waals surface area (Å²) in [7, 11) is 3.04. The summed E-state index contributed by atoms with van der Waals surface area (Å²) in [5.41, 5.74) is -0.888. The van der Waals surface area contributed by atoms with Crippen LogP contribution in [0, 0.1) is 0 Å². The second-order valence-corrected chi connectivity index (χ2v) is 10.1. The highest BCUT2D eigenvalue weighted by molar-refractivity contribution is 9.10. The van der Waals surface area contributed by atoms with Crippen molar-refractivity contribution in [2.75, 3.05) is 27.2 Å². The Labute approximate surface area is 221 Å². The van der Waals surface area contributed by atoms with Crippen molar-refractivity contribution in [3.63, 3.8) is 0 Å². The van der Waals surface area contributed by atoms with Crippen LogP contribution in [-0.2, 0) is 9.59 Å². The molecule has 10 nitrogen and oxygen atoms in total. The number of carbonyl (C=O) groups is 4. The van der Waals surface area contributed by atoms with Gasteiger partial charge in [-0.2, -0.15) is 0 Å². The predicted molar refractivity (Wildman–Crippen MR) is 137 cm³/mol. The number of nitrogens with zero attached hydrogens (tertiary/aromatic N) is 3. The van der Waals surface area contributed by atoms with Crippen LogP contribution in [0.15, 0.2) is 57.4 Å². The van der Waals surface area contributed by atoms with Crippen LogP contribution in [0.3, 0.4) is 0 Å². The van der Waals surface area contributed by atoms with Crippen LogP contribution in [0.5, 0.6) is 5.75 Å². The lowest BCUT2D eigenvalue weighted by Gasteiger charge is -2.40. The zero-order valence-corrected chi connectivity index (χ0v) is 22.3. The number of likely N-dealkylation sites (N-methyl/N-ethyl adjacent to an activating group) is 1. The molecule has 0 radical (unpaired) electrons. The van der Waals surface area contributed by atoms with Gasteiger partial charge in [0.1, 0.15) is 18.7 Å². The molecule has 0 bridgehead atoms. The minimum Gasteiger partial charge on any atom is -0.486 e. The monoisotopic (exact) mass is 571 g/mol. The molecule has 1 N–H and O–H groups in total. The van der Waals surface area contributed by atoms with Gasteiger partial charge in [0.15, 0.2) is 11.3 Å². The Morgan fingerprint density at radius 2 is 1.84 bits per heavy atom. The maximum absolute atomic E-state index is 14.0. The fourth-order valence-corrected chi connectivity index (χ4v) is 4.58. The summed E-state index contributed by atoms with van der Waals surface area (Å²) in [6.45, 7) is 2.08. The SMILES string of the molecule is C[C@@H](c1ccccc1)N(C(=O)O)C(=O)[C@@]1(C)COc2c(oc3cc(Br)ccc23)C(=O)N1CC(=O)N(C)C. The van der Waals surface area contributed by atoms with Crippen LogP contribution < -0.4 is 4.74 Å². The molecule has 0 spiro atoms. The summed E-state index contributed by atoms with van der Waals surface area (Å²) in [6, 6.07) is 12.9. The first kappa shape index (κ1) is 26.2. The van der Waals surface area contributed by atoms with Crippen LogP contribution >= 0.6 is 15.9 Å². The average Bonchev–Trinajstić information content (AvgIpc) is 3.18. The lowest BCUT2D eigenvalue weighted by molar-refractivity contribution is -0.145. The molecule has 1 aliphatic rings. The number of halogens is 1. The molecule has 2 aromatic carbocycles. The van der Waals surface area contributed by atoms with Crippen molar-refractivity contribution in [1.82, 2.24) is 14.7 Å². The van der Waals surface area contributed by atoms with E-state index in [2.05, 4.69) is 15.9 Å². The number of carboxylic acid groups (broad SMARTS) is 1. The van der Waals surface area contributed by atoms with E-state index in [-0.39, 0.29) is 11.5 Å². The fraction of sp³-hybridized carbons (Fsp3) is 0.308. The van der Waals surface area contributed by atoms with Crippen LogP contribution in [0.4, 0.5) is 4.79 Å². The van der Waals surface area contributed by atoms with E-state index in [1.165, 1.54) is 25.9 Å². The summed E-state index contributed by atoms with van der Waals surface area (Å²) in [5.74, 6) is -2.18. The molecule has 0 saturated carbocycles. The normalized spacial score (nSPS) is 18.0. The Balaban J connectivity index is 1.82. The van der Waals surface area contributed by atoms with Crippen LogP contribution in [-0.4, -0.2) is 76.4 Å². The van der Waals surface area contributed by atoms with E-state index in [1.807, 2.05) is 0 Å². The lowest BCUT2D eigenvalue weighted by atomic mass is 9.96. The number of hydrogen-bond donors (Lipinski definition) is 1. The van der Waals surface area contributed by atoms with Gasteiger partial charge in [0.2, 0.25) is 11.7 Å². The highest BCUT2D eigenvalue weighted by atomic mass is 79.9. The number of imide groups is 1. The largest absolute Gasteiger partial charge is 0.486 e. The maximum Gasteiger partial charge on any atom is 0.414 e. The van der Waals surface area contributed by atoms with Crippen molar-refractivity contribution in [3.8, 4) is 5.75 Å². The first-order chi connectivity index (χ1) is 17.5. The third kappa shape index (κ3) is 4.66. The van der Waals surface area contributed by atoms with Gasteiger partial charge in [-0.1, -0.05) is 46.3 Å². The zero-order chi connectivity index (χ0) is 27.1. The quantitative estimate of drug-likeness (QED) is 0.488. The van der Waals surface area contributed by atoms with Gasteiger partial charge in [-0.15, -0.1) is 0 Å². The molecule has 37 heavy (non-hydrogen) atoms. The van der Waals surface area contributed by atoms with Crippen molar-refractivity contribution >= 4 is 50.7 Å². The maximum atomic E-state index is 14.0. The molecule has 0 fully saturated rings. The Hall–Kier alpha value is -3.86. The van der Waals surface area contributed by atoms with E-state index in [0.717, 1.165) is 9.37 Å². The van der Waals surface area contributed by atoms with Gasteiger partial charge in [-0.05, 0) is 37.6 Å². The fourth-order valence-electron chi connectivity index (χ4n) is 4.24. The van der Waals surface area contributed by atoms with Crippen molar-refractivity contribution in [3.05, 3.63) is 64.3 Å². The molecule has 3 aromatic rings. The van der Waals surface area contributed by atoms with Crippen LogP contribution in [0.25, 0.3) is 11.0 Å². The molecule has 1 aliphatic heterocycles. The second-order valence-electron chi connectivity index (χ2n) is 9.19. The number of amides is 4. The first-order valence-electron chi connectivity index (χ1n) is 11.4. The Morgan fingerprint density at radius 1 is 1.16 bits per heavy atom. The summed E-state index contributed by atoms with van der Waals surface area (Å²) >= 11 is 3.36. The number of ether oxygens (including phenoxy) is 1. The molecule has 0 saturated heterocycles. The Bertz CT molecular complexity index is 1390. The molecule has 194 valence electrons. The third-order valence-electron chi connectivity index (χ3n) is 6.49. The minimum atomic E-state index is -1.85. The molecule has 4 rings (SSSR count). The first-order valence-corrected chi connectivity index (χ1v) is 12.2. The van der Waals surface area contributed by atoms with Crippen LogP contribution in [0.2, 0.25) is 0 Å². The molecule has 1 aromatic heterocycles. The molecule has 2 heterocycles. The van der Waals surface area contributed by atoms with Gasteiger partial charge in [-0.25, -0.2) is 9.69 Å². The van der Waals surface area contributed by atoms with Gasteiger partial charge < -0.3 is 24.1 Å². The molecule has 2 atom stereocenters. The van der Waals surface area contributed by atoms with Crippen molar-refractivity contribution in [1.29, 1.82) is 0 Å². The van der Waals surface area contributed by atoms with E-state index in [4.69, 9.17) is 9.15 Å². The standard InChI is InChI=1S/C26H26BrN3O7/c1-15(16-8-6-5-7-9-16)30(25(34)35)24(33)26(2)14-36-21-18-11-10-17(27)12-19(18)37-22(21)23(32)29(26)13-20(31)28(3)4/h5-12,15H,13-14H2,1-4H3,(H,34,35)/t15-,26+/m0/s1. The van der Waals surface area contributed by atoms with Gasteiger partial charge in [0.25, 0.3) is 11.8 Å². The number of fused-ring (bicyclic) bond motifs is 3. The number of furan rings is 1. The lowest BCUT2D eigenvalue weighted by Crippen LogP contribution is -2.64. The minimum absolute atomic E-state index is 0.129. The second kappa shape index (κ2) is 9.89. The molecule has 0 aliphatic carbocycles. The summed E-state index contributed by atoms with van der Waals surface area (Å²) < 4.78 is 12.5. The topological polar surface area (TPSA) is 121 Å². The third-order valence-corrected chi connectivity index (χ3v) is 6.98. The highest BCUT2D eigenvalue weighted by Gasteiger charge is 2.52. The van der Waals surface area contributed by atoms with E-state index < -0.39 is 48.5 Å². The predicted octanol–water partition coefficient (Wildman–Crippen LogP) is 4.14. The van der Waals surface area contributed by atoms with Gasteiger partial charge in [-0.3, -0.25) is 14.4 Å². The average molecular weight is 572 g/mol. The number of hydrogen-bond acceptors (Lipinski definition) is 6. The number of carbonyl (C=O) groups excluding carboxylic acids is 3. The van der Waals surface area contributed by atoms with Crippen molar-refractivity contribution in [2.45, 2.75) is 25.4 Å². The summed E-state index contributed by atoms with van der Waals surface area (Å²) in [5, 5.41) is 10.6. The number of benzene rings is 2. The summed E-state index contributed by atoms with van der Waals surface area (Å²) in [6.07, 6.45) is -1.50. The smallest absolute Gasteiger partial charge is 0.414 e. The molecular weight excluding hydrogens is 546 g/mol. The summed E-state index contributed by atoms with van der Waals surface area (Å²) in [4.78, 5) is 56.0. The van der Waals surface area contributed by atoms with Gasteiger partial charge in [0, 0.05) is 18.6 Å². The van der Waals surface area contributed by atoms with Crippen molar-refractivity contribution in [2.24, 2.45) is 0 Å².